The summed E-state index contributed by atoms with van der Waals surface area (Å²) in [5.74, 6) is 0.873. The maximum Gasteiger partial charge on any atom is 0.273 e. The summed E-state index contributed by atoms with van der Waals surface area (Å²) in [6.07, 6.45) is 3.71. The van der Waals surface area contributed by atoms with Crippen molar-refractivity contribution in [2.75, 3.05) is 26.2 Å². The molecule has 2 rings (SSSR count). The van der Waals surface area contributed by atoms with Crippen molar-refractivity contribution in [3.8, 4) is 0 Å². The number of nitrogens with zero attached hydrogens (tertiary/aromatic N) is 2. The molecule has 0 unspecified atom stereocenters. The molecule has 0 spiro atoms. The minimum atomic E-state index is -0.314. The molecule has 1 aliphatic rings. The van der Waals surface area contributed by atoms with Crippen molar-refractivity contribution in [3.05, 3.63) is 39.9 Å². The predicted octanol–water partition coefficient (Wildman–Crippen LogP) is 2.81. The lowest BCUT2D eigenvalue weighted by atomic mass is 9.99. The van der Waals surface area contributed by atoms with Gasteiger partial charge in [-0.25, -0.2) is 0 Å². The molecule has 0 amide bonds. The molecule has 0 aromatic heterocycles. The quantitative estimate of drug-likeness (QED) is 0.477. The van der Waals surface area contributed by atoms with Gasteiger partial charge >= 0.3 is 0 Å². The number of nitrogens with one attached hydrogen (secondary N) is 1. The van der Waals surface area contributed by atoms with Crippen LogP contribution in [-0.4, -0.2) is 36.0 Å². The summed E-state index contributed by atoms with van der Waals surface area (Å²) in [6.45, 7) is 7.34. The molecule has 1 N–H and O–H groups in total. The number of rotatable bonds is 7. The van der Waals surface area contributed by atoms with E-state index in [0.717, 1.165) is 31.0 Å². The molecule has 1 aliphatic heterocycles. The third-order valence-electron chi connectivity index (χ3n) is 4.21. The number of para-hydroxylation sites is 1. The van der Waals surface area contributed by atoms with Gasteiger partial charge in [0.05, 0.1) is 4.92 Å². The average molecular weight is 291 g/mol. The highest BCUT2D eigenvalue weighted by Crippen LogP contribution is 2.17. The van der Waals surface area contributed by atoms with Gasteiger partial charge in [-0.05, 0) is 51.4 Å². The maximum absolute atomic E-state index is 10.9. The first-order chi connectivity index (χ1) is 10.2. The van der Waals surface area contributed by atoms with E-state index in [1.807, 2.05) is 12.1 Å². The van der Waals surface area contributed by atoms with Gasteiger partial charge in [0, 0.05) is 18.2 Å². The highest BCUT2D eigenvalue weighted by Gasteiger charge is 2.15. The van der Waals surface area contributed by atoms with Gasteiger partial charge in [-0.2, -0.15) is 0 Å². The number of piperidine rings is 1. The molecule has 5 nitrogen and oxygen atoms in total. The lowest BCUT2D eigenvalue weighted by Gasteiger charge is -2.30. The van der Waals surface area contributed by atoms with E-state index in [0.29, 0.717) is 6.54 Å². The van der Waals surface area contributed by atoms with Gasteiger partial charge in [-0.1, -0.05) is 25.1 Å². The molecule has 1 fully saturated rings. The van der Waals surface area contributed by atoms with Crippen LogP contribution in [0.3, 0.4) is 0 Å². The highest BCUT2D eigenvalue weighted by molar-refractivity contribution is 5.39. The van der Waals surface area contributed by atoms with E-state index in [1.54, 1.807) is 12.1 Å². The highest BCUT2D eigenvalue weighted by atomic mass is 16.6. The zero-order chi connectivity index (χ0) is 15.1. The molecular formula is C16H25N3O2. The van der Waals surface area contributed by atoms with Gasteiger partial charge < -0.3 is 10.2 Å². The van der Waals surface area contributed by atoms with Crippen molar-refractivity contribution in [1.82, 2.24) is 10.2 Å². The van der Waals surface area contributed by atoms with Crippen LogP contribution in [0.15, 0.2) is 24.3 Å². The standard InChI is InChI=1S/C16H25N3O2/c1-14-7-11-18(12-8-14)10-4-9-17-13-15-5-2-3-6-16(15)19(20)21/h2-3,5-6,14,17H,4,7-13H2,1H3. The van der Waals surface area contributed by atoms with Crippen LogP contribution >= 0.6 is 0 Å². The summed E-state index contributed by atoms with van der Waals surface area (Å²) >= 11 is 0. The molecule has 0 atom stereocenters. The Hall–Kier alpha value is -1.46. The van der Waals surface area contributed by atoms with Gasteiger partial charge in [0.25, 0.3) is 5.69 Å². The summed E-state index contributed by atoms with van der Waals surface area (Å²) in [4.78, 5) is 13.1. The molecule has 1 heterocycles. The van der Waals surface area contributed by atoms with E-state index < -0.39 is 0 Å². The third kappa shape index (κ3) is 5.10. The van der Waals surface area contributed by atoms with Crippen molar-refractivity contribution in [1.29, 1.82) is 0 Å². The van der Waals surface area contributed by atoms with Crippen LogP contribution in [0.2, 0.25) is 0 Å². The van der Waals surface area contributed by atoms with Gasteiger partial charge in [0.15, 0.2) is 0 Å². The fourth-order valence-corrected chi connectivity index (χ4v) is 2.77. The first-order valence-corrected chi connectivity index (χ1v) is 7.82. The summed E-state index contributed by atoms with van der Waals surface area (Å²) in [5.41, 5.74) is 0.962. The molecule has 0 saturated carbocycles. The minimum absolute atomic E-state index is 0.204. The molecule has 21 heavy (non-hydrogen) atoms. The number of nitro benzene ring substituents is 1. The number of benzene rings is 1. The van der Waals surface area contributed by atoms with Crippen LogP contribution in [0.4, 0.5) is 5.69 Å². The summed E-state index contributed by atoms with van der Waals surface area (Å²) in [5, 5.41) is 14.2. The van der Waals surface area contributed by atoms with Crippen molar-refractivity contribution >= 4 is 5.69 Å². The topological polar surface area (TPSA) is 58.4 Å². The lowest BCUT2D eigenvalue weighted by Crippen LogP contribution is -2.34. The maximum atomic E-state index is 10.9. The Morgan fingerprint density at radius 1 is 1.33 bits per heavy atom. The monoisotopic (exact) mass is 291 g/mol. The van der Waals surface area contributed by atoms with Crippen LogP contribution in [0.1, 0.15) is 31.7 Å². The molecule has 0 aliphatic carbocycles. The van der Waals surface area contributed by atoms with Gasteiger partial charge in [0.2, 0.25) is 0 Å². The predicted molar refractivity (Wildman–Crippen MR) is 84.3 cm³/mol. The molecule has 0 bridgehead atoms. The van der Waals surface area contributed by atoms with Crippen molar-refractivity contribution < 1.29 is 4.92 Å². The number of likely N-dealkylation sites (tertiary alicyclic amines) is 1. The van der Waals surface area contributed by atoms with Crippen LogP contribution in [0.5, 0.6) is 0 Å². The van der Waals surface area contributed by atoms with Crippen LogP contribution < -0.4 is 5.32 Å². The van der Waals surface area contributed by atoms with Gasteiger partial charge in [-0.15, -0.1) is 0 Å². The number of hydrogen-bond acceptors (Lipinski definition) is 4. The van der Waals surface area contributed by atoms with E-state index in [-0.39, 0.29) is 10.6 Å². The fourth-order valence-electron chi connectivity index (χ4n) is 2.77. The second-order valence-electron chi connectivity index (χ2n) is 5.94. The molecule has 1 aromatic carbocycles. The smallest absolute Gasteiger partial charge is 0.273 e. The normalized spacial score (nSPS) is 17.0. The zero-order valence-electron chi connectivity index (χ0n) is 12.8. The molecule has 0 radical (unpaired) electrons. The first kappa shape index (κ1) is 15.9. The fraction of sp³-hybridized carbons (Fsp3) is 0.625. The summed E-state index contributed by atoms with van der Waals surface area (Å²) in [7, 11) is 0. The van der Waals surface area contributed by atoms with Gasteiger partial charge in [0.1, 0.15) is 0 Å². The molecular weight excluding hydrogens is 266 g/mol. The second kappa shape index (κ2) is 8.10. The van der Waals surface area contributed by atoms with Crippen molar-refractivity contribution in [2.24, 2.45) is 5.92 Å². The molecule has 116 valence electrons. The van der Waals surface area contributed by atoms with E-state index in [4.69, 9.17) is 0 Å². The second-order valence-corrected chi connectivity index (χ2v) is 5.94. The van der Waals surface area contributed by atoms with Crippen LogP contribution in [0, 0.1) is 16.0 Å². The Labute approximate surface area is 126 Å². The van der Waals surface area contributed by atoms with Crippen molar-refractivity contribution in [2.45, 2.75) is 32.7 Å². The van der Waals surface area contributed by atoms with E-state index in [1.165, 1.54) is 25.9 Å². The molecule has 1 aromatic rings. The number of hydrogen-bond donors (Lipinski definition) is 1. The average Bonchev–Trinajstić information content (AvgIpc) is 2.49. The Morgan fingerprint density at radius 2 is 2.05 bits per heavy atom. The Bertz CT molecular complexity index is 457. The Morgan fingerprint density at radius 3 is 2.76 bits per heavy atom. The SMILES string of the molecule is CC1CCN(CCCNCc2ccccc2[N+](=O)[O-])CC1. The molecule has 5 heteroatoms. The Kier molecular flexibility index (Phi) is 6.14. The van der Waals surface area contributed by atoms with Gasteiger partial charge in [-0.3, -0.25) is 10.1 Å². The Balaban J connectivity index is 1.65. The third-order valence-corrected chi connectivity index (χ3v) is 4.21. The lowest BCUT2D eigenvalue weighted by molar-refractivity contribution is -0.385. The largest absolute Gasteiger partial charge is 0.312 e. The summed E-state index contributed by atoms with van der Waals surface area (Å²) < 4.78 is 0. The zero-order valence-corrected chi connectivity index (χ0v) is 12.8. The first-order valence-electron chi connectivity index (χ1n) is 7.82. The number of nitro groups is 1. The van der Waals surface area contributed by atoms with E-state index in [2.05, 4.69) is 17.1 Å². The van der Waals surface area contributed by atoms with Crippen molar-refractivity contribution in [3.63, 3.8) is 0 Å². The van der Waals surface area contributed by atoms with E-state index >= 15 is 0 Å². The minimum Gasteiger partial charge on any atom is -0.312 e. The van der Waals surface area contributed by atoms with E-state index in [9.17, 15) is 10.1 Å². The summed E-state index contributed by atoms with van der Waals surface area (Å²) in [6, 6.07) is 6.93. The van der Waals surface area contributed by atoms with Crippen LogP contribution in [0.25, 0.3) is 0 Å². The molecule has 1 saturated heterocycles. The van der Waals surface area contributed by atoms with Crippen LogP contribution in [-0.2, 0) is 6.54 Å².